The third-order valence-electron chi connectivity index (χ3n) is 3.28. The van der Waals surface area contributed by atoms with Crippen molar-refractivity contribution < 1.29 is 14.9 Å². The van der Waals surface area contributed by atoms with Crippen molar-refractivity contribution in [2.24, 2.45) is 0 Å². The smallest absolute Gasteiger partial charge is 0.330 e. The van der Waals surface area contributed by atoms with E-state index in [0.29, 0.717) is 12.8 Å². The van der Waals surface area contributed by atoms with E-state index in [9.17, 15) is 14.7 Å². The number of aromatic nitrogens is 2. The first-order valence-electron chi connectivity index (χ1n) is 6.79. The second kappa shape index (κ2) is 7.10. The van der Waals surface area contributed by atoms with Crippen molar-refractivity contribution >= 4 is 0 Å². The number of nitrogens with one attached hydrogen (secondary N) is 1. The van der Waals surface area contributed by atoms with E-state index >= 15 is 0 Å². The third kappa shape index (κ3) is 3.46. The number of unbranched alkanes of at least 4 members (excludes halogenated alkanes) is 1. The van der Waals surface area contributed by atoms with Crippen molar-refractivity contribution in [3.8, 4) is 24.2 Å². The first-order valence-corrected chi connectivity index (χ1v) is 6.79. The van der Waals surface area contributed by atoms with Crippen LogP contribution in [0.15, 0.2) is 15.8 Å². The van der Waals surface area contributed by atoms with Gasteiger partial charge in [-0.2, -0.15) is 0 Å². The van der Waals surface area contributed by atoms with Gasteiger partial charge in [-0.05, 0) is 0 Å². The van der Waals surface area contributed by atoms with Gasteiger partial charge in [0.1, 0.15) is 17.9 Å². The van der Waals surface area contributed by atoms with Crippen molar-refractivity contribution in [1.82, 2.24) is 9.55 Å². The first kappa shape index (κ1) is 16.1. The average molecular weight is 304 g/mol. The molecule has 3 N–H and O–H groups in total. The number of aromatic amines is 1. The van der Waals surface area contributed by atoms with Crippen LogP contribution in [-0.4, -0.2) is 38.6 Å². The van der Waals surface area contributed by atoms with Crippen molar-refractivity contribution in [2.45, 2.75) is 37.7 Å². The third-order valence-corrected chi connectivity index (χ3v) is 3.28. The summed E-state index contributed by atoms with van der Waals surface area (Å²) in [6.45, 7) is -0.353. The molecule has 0 saturated carbocycles. The second-order valence-corrected chi connectivity index (χ2v) is 4.83. The van der Waals surface area contributed by atoms with Crippen LogP contribution < -0.4 is 11.2 Å². The van der Waals surface area contributed by atoms with Gasteiger partial charge in [0.25, 0.3) is 5.56 Å². The monoisotopic (exact) mass is 304 g/mol. The minimum absolute atomic E-state index is 0.113. The molecule has 0 spiro atoms. The number of ether oxygens (including phenoxy) is 1. The van der Waals surface area contributed by atoms with E-state index < -0.39 is 29.7 Å². The predicted octanol–water partition coefficient (Wildman–Crippen LogP) is -1.06. The summed E-state index contributed by atoms with van der Waals surface area (Å²) in [5.41, 5.74) is -1.14. The fourth-order valence-electron chi connectivity index (χ4n) is 2.13. The standard InChI is InChI=1S/C15H16N2O5/c1-2-3-4-5-6-10-8-17(15(21)16-14(10)20)13-7-11(19)12(9-18)22-13/h1,8,11-13,18-19H,3-4,7,9H2,(H,16,20,21)/t11-,12-,13-/m1/s1. The molecule has 0 unspecified atom stereocenters. The molecule has 7 nitrogen and oxygen atoms in total. The van der Waals surface area contributed by atoms with Gasteiger partial charge in [-0.25, -0.2) is 4.79 Å². The molecule has 116 valence electrons. The van der Waals surface area contributed by atoms with Crippen LogP contribution in [0.2, 0.25) is 0 Å². The molecule has 22 heavy (non-hydrogen) atoms. The highest BCUT2D eigenvalue weighted by Gasteiger charge is 2.35. The summed E-state index contributed by atoms with van der Waals surface area (Å²) >= 11 is 0. The Labute approximate surface area is 126 Å². The molecule has 2 rings (SSSR count). The Balaban J connectivity index is 2.29. The maximum absolute atomic E-state index is 11.9. The lowest BCUT2D eigenvalue weighted by atomic mass is 10.2. The molecule has 2 heterocycles. The predicted molar refractivity (Wildman–Crippen MR) is 77.9 cm³/mol. The Kier molecular flexibility index (Phi) is 5.18. The number of hydrogen-bond acceptors (Lipinski definition) is 5. The van der Waals surface area contributed by atoms with E-state index in [1.165, 1.54) is 6.20 Å². The zero-order valence-corrected chi connectivity index (χ0v) is 11.8. The Morgan fingerprint density at radius 3 is 2.86 bits per heavy atom. The summed E-state index contributed by atoms with van der Waals surface area (Å²) in [6, 6.07) is 0. The van der Waals surface area contributed by atoms with E-state index in [2.05, 4.69) is 22.7 Å². The van der Waals surface area contributed by atoms with E-state index in [1.54, 1.807) is 0 Å². The van der Waals surface area contributed by atoms with Crippen LogP contribution in [0.4, 0.5) is 0 Å². The topological polar surface area (TPSA) is 105 Å². The average Bonchev–Trinajstić information content (AvgIpc) is 2.86. The lowest BCUT2D eigenvalue weighted by Crippen LogP contribution is -2.33. The number of terminal acetylenes is 1. The lowest BCUT2D eigenvalue weighted by Gasteiger charge is -2.14. The highest BCUT2D eigenvalue weighted by molar-refractivity contribution is 5.29. The van der Waals surface area contributed by atoms with Gasteiger partial charge in [0.2, 0.25) is 0 Å². The molecule has 0 aliphatic carbocycles. The van der Waals surface area contributed by atoms with Crippen molar-refractivity contribution in [3.05, 3.63) is 32.6 Å². The molecule has 0 amide bonds. The summed E-state index contributed by atoms with van der Waals surface area (Å²) in [4.78, 5) is 25.7. The molecular formula is C15H16N2O5. The number of H-pyrrole nitrogens is 1. The van der Waals surface area contributed by atoms with E-state index in [4.69, 9.17) is 16.3 Å². The Bertz CT molecular complexity index is 746. The van der Waals surface area contributed by atoms with Crippen LogP contribution in [0.25, 0.3) is 0 Å². The largest absolute Gasteiger partial charge is 0.394 e. The number of rotatable bonds is 3. The molecule has 0 radical (unpaired) electrons. The maximum atomic E-state index is 11.9. The quantitative estimate of drug-likeness (QED) is 0.488. The highest BCUT2D eigenvalue weighted by Crippen LogP contribution is 2.27. The van der Waals surface area contributed by atoms with Crippen molar-refractivity contribution in [1.29, 1.82) is 0 Å². The van der Waals surface area contributed by atoms with Crippen molar-refractivity contribution in [2.75, 3.05) is 6.61 Å². The van der Waals surface area contributed by atoms with Gasteiger partial charge in [0, 0.05) is 25.5 Å². The second-order valence-electron chi connectivity index (χ2n) is 4.83. The number of aliphatic hydroxyl groups is 2. The zero-order valence-electron chi connectivity index (χ0n) is 11.8. The molecule has 1 aliphatic rings. The SMILES string of the molecule is C#CCCC#Cc1cn([C@H]2C[C@@H](O)[C@@H](CO)O2)c(=O)[nH]c1=O. The summed E-state index contributed by atoms with van der Waals surface area (Å²) in [5.74, 6) is 7.84. The molecule has 1 aromatic heterocycles. The first-order chi connectivity index (χ1) is 10.6. The Morgan fingerprint density at radius 2 is 2.23 bits per heavy atom. The van der Waals surface area contributed by atoms with E-state index in [1.807, 2.05) is 0 Å². The van der Waals surface area contributed by atoms with E-state index in [0.717, 1.165) is 4.57 Å². The normalized spacial score (nSPS) is 23.6. The number of hydrogen-bond donors (Lipinski definition) is 3. The van der Waals surface area contributed by atoms with Crippen LogP contribution >= 0.6 is 0 Å². The Hall–Kier alpha value is -2.32. The van der Waals surface area contributed by atoms with Gasteiger partial charge < -0.3 is 14.9 Å². The van der Waals surface area contributed by atoms with Crippen molar-refractivity contribution in [3.63, 3.8) is 0 Å². The zero-order chi connectivity index (χ0) is 16.1. The molecule has 7 heteroatoms. The highest BCUT2D eigenvalue weighted by atomic mass is 16.5. The minimum Gasteiger partial charge on any atom is -0.394 e. The summed E-state index contributed by atoms with van der Waals surface area (Å²) < 4.78 is 6.55. The molecule has 3 atom stereocenters. The van der Waals surface area contributed by atoms with Crippen LogP contribution in [0.5, 0.6) is 0 Å². The van der Waals surface area contributed by atoms with Gasteiger partial charge >= 0.3 is 5.69 Å². The minimum atomic E-state index is -0.876. The molecular weight excluding hydrogens is 288 g/mol. The molecule has 1 aromatic rings. The van der Waals surface area contributed by atoms with Gasteiger partial charge in [-0.3, -0.25) is 14.3 Å². The van der Waals surface area contributed by atoms with Crippen LogP contribution in [0.1, 0.15) is 31.1 Å². The van der Waals surface area contributed by atoms with Crippen LogP contribution in [0, 0.1) is 24.2 Å². The number of aliphatic hydroxyl groups excluding tert-OH is 2. The lowest BCUT2D eigenvalue weighted by molar-refractivity contribution is -0.0459. The molecule has 0 aromatic carbocycles. The fourth-order valence-corrected chi connectivity index (χ4v) is 2.13. The van der Waals surface area contributed by atoms with Crippen LogP contribution in [-0.2, 0) is 4.74 Å². The molecule has 0 bridgehead atoms. The molecule has 1 saturated heterocycles. The van der Waals surface area contributed by atoms with Crippen LogP contribution in [0.3, 0.4) is 0 Å². The number of nitrogens with zero attached hydrogens (tertiary/aromatic N) is 1. The molecule has 1 aliphatic heterocycles. The molecule has 1 fully saturated rings. The Morgan fingerprint density at radius 1 is 1.45 bits per heavy atom. The van der Waals surface area contributed by atoms with E-state index in [-0.39, 0.29) is 18.6 Å². The summed E-state index contributed by atoms with van der Waals surface area (Å²) in [6.07, 6.45) is 5.07. The van der Waals surface area contributed by atoms with Gasteiger partial charge in [0.05, 0.1) is 12.7 Å². The van der Waals surface area contributed by atoms with Gasteiger partial charge in [0.15, 0.2) is 0 Å². The summed E-state index contributed by atoms with van der Waals surface area (Å²) in [7, 11) is 0. The van der Waals surface area contributed by atoms with Gasteiger partial charge in [-0.15, -0.1) is 12.3 Å². The summed E-state index contributed by atoms with van der Waals surface area (Å²) in [5, 5.41) is 18.8. The fraction of sp³-hybridized carbons (Fsp3) is 0.467. The maximum Gasteiger partial charge on any atom is 0.330 e. The van der Waals surface area contributed by atoms with Gasteiger partial charge in [-0.1, -0.05) is 11.8 Å².